The van der Waals surface area contributed by atoms with Gasteiger partial charge in [-0.2, -0.15) is 4.98 Å². The highest BCUT2D eigenvalue weighted by Gasteiger charge is 2.33. The van der Waals surface area contributed by atoms with Crippen LogP contribution < -0.4 is 10.2 Å². The minimum atomic E-state index is -0.144. The van der Waals surface area contributed by atoms with Crippen LogP contribution in [0.3, 0.4) is 0 Å². The fourth-order valence-electron chi connectivity index (χ4n) is 3.40. The SMILES string of the molecule is Cc1nc(C2CCCN2C(=O)c2ccc(N3CCNC3=O)cc2)no1. The molecular formula is C17H19N5O3. The predicted molar refractivity (Wildman–Crippen MR) is 89.2 cm³/mol. The highest BCUT2D eigenvalue weighted by Crippen LogP contribution is 2.31. The minimum Gasteiger partial charge on any atom is -0.340 e. The van der Waals surface area contributed by atoms with Crippen molar-refractivity contribution in [3.8, 4) is 0 Å². The Morgan fingerprint density at radius 2 is 2.08 bits per heavy atom. The number of amides is 3. The molecule has 8 nitrogen and oxygen atoms in total. The lowest BCUT2D eigenvalue weighted by Gasteiger charge is -2.22. The Morgan fingerprint density at radius 3 is 2.72 bits per heavy atom. The van der Waals surface area contributed by atoms with Gasteiger partial charge in [-0.25, -0.2) is 4.79 Å². The number of rotatable bonds is 3. The first-order valence-electron chi connectivity index (χ1n) is 8.40. The number of anilines is 1. The number of benzene rings is 1. The third-order valence-corrected chi connectivity index (χ3v) is 4.64. The van der Waals surface area contributed by atoms with Gasteiger partial charge in [0.15, 0.2) is 5.82 Å². The van der Waals surface area contributed by atoms with Gasteiger partial charge in [0.05, 0.1) is 6.04 Å². The topological polar surface area (TPSA) is 91.6 Å². The summed E-state index contributed by atoms with van der Waals surface area (Å²) in [6, 6.07) is 6.89. The second-order valence-electron chi connectivity index (χ2n) is 6.26. The molecule has 3 heterocycles. The molecule has 130 valence electrons. The average Bonchev–Trinajstić information content (AvgIpc) is 3.34. The first-order chi connectivity index (χ1) is 12.1. The molecule has 2 saturated heterocycles. The van der Waals surface area contributed by atoms with Crippen LogP contribution in [0.5, 0.6) is 0 Å². The summed E-state index contributed by atoms with van der Waals surface area (Å²) in [5, 5.41) is 6.73. The lowest BCUT2D eigenvalue weighted by Crippen LogP contribution is -2.31. The molecule has 0 bridgehead atoms. The van der Waals surface area contributed by atoms with Crippen LogP contribution in [0, 0.1) is 6.92 Å². The molecule has 3 amide bonds. The highest BCUT2D eigenvalue weighted by molar-refractivity contribution is 5.97. The predicted octanol–water partition coefficient (Wildman–Crippen LogP) is 1.88. The first kappa shape index (κ1) is 15.6. The molecule has 1 aromatic carbocycles. The molecule has 1 unspecified atom stereocenters. The zero-order valence-corrected chi connectivity index (χ0v) is 13.9. The molecule has 0 radical (unpaired) electrons. The van der Waals surface area contributed by atoms with Crippen molar-refractivity contribution in [3.63, 3.8) is 0 Å². The van der Waals surface area contributed by atoms with E-state index in [-0.39, 0.29) is 18.0 Å². The fraction of sp³-hybridized carbons (Fsp3) is 0.412. The van der Waals surface area contributed by atoms with E-state index in [0.29, 0.717) is 36.9 Å². The maximum absolute atomic E-state index is 12.9. The number of nitrogens with one attached hydrogen (secondary N) is 1. The second kappa shape index (κ2) is 6.19. The Hall–Kier alpha value is -2.90. The number of likely N-dealkylation sites (tertiary alicyclic amines) is 1. The molecule has 1 aromatic heterocycles. The summed E-state index contributed by atoms with van der Waals surface area (Å²) in [5.74, 6) is 1.01. The number of aromatic nitrogens is 2. The monoisotopic (exact) mass is 341 g/mol. The quantitative estimate of drug-likeness (QED) is 0.920. The van der Waals surface area contributed by atoms with Crippen LogP contribution >= 0.6 is 0 Å². The van der Waals surface area contributed by atoms with Crippen molar-refractivity contribution in [1.82, 2.24) is 20.4 Å². The molecule has 25 heavy (non-hydrogen) atoms. The number of nitrogens with zero attached hydrogens (tertiary/aromatic N) is 4. The van der Waals surface area contributed by atoms with Crippen molar-refractivity contribution in [1.29, 1.82) is 0 Å². The smallest absolute Gasteiger partial charge is 0.321 e. The van der Waals surface area contributed by atoms with E-state index in [1.807, 2.05) is 12.1 Å². The van der Waals surface area contributed by atoms with E-state index < -0.39 is 0 Å². The van der Waals surface area contributed by atoms with Crippen molar-refractivity contribution in [2.75, 3.05) is 24.5 Å². The Balaban J connectivity index is 1.53. The number of hydrogen-bond donors (Lipinski definition) is 1. The van der Waals surface area contributed by atoms with E-state index in [4.69, 9.17) is 4.52 Å². The van der Waals surface area contributed by atoms with Crippen LogP contribution in [0.4, 0.5) is 10.5 Å². The summed E-state index contributed by atoms with van der Waals surface area (Å²) >= 11 is 0. The van der Waals surface area contributed by atoms with Crippen LogP contribution in [0.1, 0.15) is 41.0 Å². The number of hydrogen-bond acceptors (Lipinski definition) is 5. The van der Waals surface area contributed by atoms with Gasteiger partial charge < -0.3 is 14.7 Å². The van der Waals surface area contributed by atoms with Crippen molar-refractivity contribution in [2.24, 2.45) is 0 Å². The average molecular weight is 341 g/mol. The molecule has 0 saturated carbocycles. The van der Waals surface area contributed by atoms with Gasteiger partial charge in [-0.05, 0) is 37.1 Å². The van der Waals surface area contributed by atoms with Gasteiger partial charge in [0.1, 0.15) is 0 Å². The number of urea groups is 1. The summed E-state index contributed by atoms with van der Waals surface area (Å²) in [5.41, 5.74) is 1.38. The Kier molecular flexibility index (Phi) is 3.87. The summed E-state index contributed by atoms with van der Waals surface area (Å²) < 4.78 is 5.05. The van der Waals surface area contributed by atoms with Gasteiger partial charge in [0.25, 0.3) is 5.91 Å². The second-order valence-corrected chi connectivity index (χ2v) is 6.26. The molecule has 1 N–H and O–H groups in total. The standard InChI is InChI=1S/C17H19N5O3/c1-11-19-15(20-25-11)14-3-2-9-22(14)16(23)12-4-6-13(7-5-12)21-10-8-18-17(21)24/h4-7,14H,2-3,8-10H2,1H3,(H,18,24). The normalized spacial score (nSPS) is 20.2. The molecule has 2 aliphatic heterocycles. The van der Waals surface area contributed by atoms with E-state index in [9.17, 15) is 9.59 Å². The molecule has 2 aromatic rings. The zero-order chi connectivity index (χ0) is 17.4. The van der Waals surface area contributed by atoms with E-state index in [1.54, 1.807) is 28.9 Å². The molecule has 4 rings (SSSR count). The van der Waals surface area contributed by atoms with E-state index in [0.717, 1.165) is 18.5 Å². The molecule has 1 atom stereocenters. The lowest BCUT2D eigenvalue weighted by molar-refractivity contribution is 0.0728. The lowest BCUT2D eigenvalue weighted by atomic mass is 10.1. The number of carbonyl (C=O) groups excluding carboxylic acids is 2. The summed E-state index contributed by atoms with van der Waals surface area (Å²) in [4.78, 5) is 32.3. The maximum Gasteiger partial charge on any atom is 0.321 e. The van der Waals surface area contributed by atoms with Crippen molar-refractivity contribution in [3.05, 3.63) is 41.5 Å². The summed E-state index contributed by atoms with van der Waals surface area (Å²) in [6.07, 6.45) is 1.74. The molecule has 8 heteroatoms. The minimum absolute atomic E-state index is 0.0534. The molecule has 2 fully saturated rings. The number of carbonyl (C=O) groups is 2. The van der Waals surface area contributed by atoms with E-state index in [1.165, 1.54) is 0 Å². The van der Waals surface area contributed by atoms with Gasteiger partial charge in [-0.1, -0.05) is 5.16 Å². The van der Waals surface area contributed by atoms with Crippen molar-refractivity contribution >= 4 is 17.6 Å². The van der Waals surface area contributed by atoms with Gasteiger partial charge in [0, 0.05) is 37.8 Å². The zero-order valence-electron chi connectivity index (χ0n) is 13.9. The van der Waals surface area contributed by atoms with Crippen LogP contribution in [-0.4, -0.2) is 46.6 Å². The van der Waals surface area contributed by atoms with Gasteiger partial charge >= 0.3 is 6.03 Å². The summed E-state index contributed by atoms with van der Waals surface area (Å²) in [7, 11) is 0. The third kappa shape index (κ3) is 2.84. The van der Waals surface area contributed by atoms with E-state index in [2.05, 4.69) is 15.5 Å². The van der Waals surface area contributed by atoms with Crippen molar-refractivity contribution < 1.29 is 14.1 Å². The third-order valence-electron chi connectivity index (χ3n) is 4.64. The molecule has 0 aliphatic carbocycles. The maximum atomic E-state index is 12.9. The highest BCUT2D eigenvalue weighted by atomic mass is 16.5. The van der Waals surface area contributed by atoms with Gasteiger partial charge in [-0.15, -0.1) is 0 Å². The van der Waals surface area contributed by atoms with E-state index >= 15 is 0 Å². The molecular weight excluding hydrogens is 322 g/mol. The largest absolute Gasteiger partial charge is 0.340 e. The van der Waals surface area contributed by atoms with Crippen LogP contribution in [-0.2, 0) is 0 Å². The van der Waals surface area contributed by atoms with Gasteiger partial charge in [0.2, 0.25) is 5.89 Å². The van der Waals surface area contributed by atoms with Crippen LogP contribution in [0.15, 0.2) is 28.8 Å². The Bertz CT molecular complexity index is 801. The van der Waals surface area contributed by atoms with Crippen molar-refractivity contribution in [2.45, 2.75) is 25.8 Å². The summed E-state index contributed by atoms with van der Waals surface area (Å²) in [6.45, 7) is 3.69. The van der Waals surface area contributed by atoms with Crippen LogP contribution in [0.2, 0.25) is 0 Å². The fourth-order valence-corrected chi connectivity index (χ4v) is 3.40. The van der Waals surface area contributed by atoms with Gasteiger partial charge in [-0.3, -0.25) is 9.69 Å². The number of aryl methyl sites for hydroxylation is 1. The Labute approximate surface area is 144 Å². The van der Waals surface area contributed by atoms with Crippen LogP contribution in [0.25, 0.3) is 0 Å². The molecule has 0 spiro atoms. The first-order valence-corrected chi connectivity index (χ1v) is 8.40. The Morgan fingerprint density at radius 1 is 1.28 bits per heavy atom. The molecule has 2 aliphatic rings.